The first-order valence-corrected chi connectivity index (χ1v) is 9.95. The topological polar surface area (TPSA) is 75.2 Å². The molecule has 0 saturated carbocycles. The summed E-state index contributed by atoms with van der Waals surface area (Å²) in [5.41, 5.74) is 2.03. The summed E-state index contributed by atoms with van der Waals surface area (Å²) in [5.74, 6) is -0.532. The summed E-state index contributed by atoms with van der Waals surface area (Å²) in [7, 11) is 0. The SMILES string of the molecule is CCCCc1nnc(NC(=O)C2CC(=O)N(c3ccccc3CC)C2)s1. The first-order valence-electron chi connectivity index (χ1n) is 9.13. The Labute approximate surface area is 157 Å². The number of nitrogens with zero attached hydrogens (tertiary/aromatic N) is 3. The van der Waals surface area contributed by atoms with Crippen molar-refractivity contribution in [2.75, 3.05) is 16.8 Å². The van der Waals surface area contributed by atoms with E-state index in [1.165, 1.54) is 11.3 Å². The fourth-order valence-corrected chi connectivity index (χ4v) is 3.91. The number of anilines is 2. The van der Waals surface area contributed by atoms with Gasteiger partial charge in [-0.15, -0.1) is 10.2 Å². The number of unbranched alkanes of at least 4 members (excludes halogenated alkanes) is 1. The number of benzene rings is 1. The summed E-state index contributed by atoms with van der Waals surface area (Å²) < 4.78 is 0. The third-order valence-electron chi connectivity index (χ3n) is 4.60. The molecule has 1 saturated heterocycles. The van der Waals surface area contributed by atoms with Gasteiger partial charge in [0.05, 0.1) is 5.92 Å². The van der Waals surface area contributed by atoms with Gasteiger partial charge >= 0.3 is 0 Å². The van der Waals surface area contributed by atoms with E-state index in [2.05, 4.69) is 29.4 Å². The van der Waals surface area contributed by atoms with E-state index in [0.29, 0.717) is 11.7 Å². The van der Waals surface area contributed by atoms with E-state index in [0.717, 1.165) is 41.9 Å². The zero-order valence-corrected chi connectivity index (χ0v) is 16.0. The summed E-state index contributed by atoms with van der Waals surface area (Å²) in [6, 6.07) is 7.86. The third kappa shape index (κ3) is 4.09. The molecular formula is C19H24N4O2S. The highest BCUT2D eigenvalue weighted by atomic mass is 32.1. The molecule has 0 aliphatic carbocycles. The van der Waals surface area contributed by atoms with Crippen LogP contribution < -0.4 is 10.2 Å². The molecule has 1 unspecified atom stereocenters. The number of rotatable bonds is 7. The number of hydrogen-bond donors (Lipinski definition) is 1. The van der Waals surface area contributed by atoms with Gasteiger partial charge in [-0.1, -0.05) is 49.8 Å². The number of aryl methyl sites for hydroxylation is 2. The second-order valence-corrected chi connectivity index (χ2v) is 7.54. The van der Waals surface area contributed by atoms with Crippen LogP contribution in [0.25, 0.3) is 0 Å². The Kier molecular flexibility index (Phi) is 5.98. The molecule has 7 heteroatoms. The molecule has 0 bridgehead atoms. The maximum atomic E-state index is 12.6. The van der Waals surface area contributed by atoms with Gasteiger partial charge in [0, 0.05) is 25.1 Å². The minimum absolute atomic E-state index is 0.00745. The molecule has 2 aromatic rings. The molecule has 1 atom stereocenters. The molecule has 26 heavy (non-hydrogen) atoms. The minimum atomic E-state index is -0.365. The van der Waals surface area contributed by atoms with Crippen LogP contribution in [-0.2, 0) is 22.4 Å². The first kappa shape index (κ1) is 18.5. The van der Waals surface area contributed by atoms with E-state index in [-0.39, 0.29) is 24.2 Å². The highest BCUT2D eigenvalue weighted by molar-refractivity contribution is 7.15. The highest BCUT2D eigenvalue weighted by Crippen LogP contribution is 2.29. The van der Waals surface area contributed by atoms with E-state index in [1.807, 2.05) is 24.3 Å². The fraction of sp³-hybridized carbons (Fsp3) is 0.474. The molecule has 1 aliphatic rings. The Balaban J connectivity index is 1.64. The summed E-state index contributed by atoms with van der Waals surface area (Å²) in [5, 5.41) is 12.4. The maximum absolute atomic E-state index is 12.6. The Morgan fingerprint density at radius 2 is 2.12 bits per heavy atom. The van der Waals surface area contributed by atoms with Gasteiger partial charge in [0.2, 0.25) is 16.9 Å². The third-order valence-corrected chi connectivity index (χ3v) is 5.50. The fourth-order valence-electron chi connectivity index (χ4n) is 3.13. The number of amides is 2. The number of para-hydroxylation sites is 1. The Bertz CT molecular complexity index is 789. The van der Waals surface area contributed by atoms with Gasteiger partial charge in [0.25, 0.3) is 0 Å². The van der Waals surface area contributed by atoms with Gasteiger partial charge in [-0.25, -0.2) is 0 Å². The van der Waals surface area contributed by atoms with Crippen molar-refractivity contribution < 1.29 is 9.59 Å². The molecule has 2 amide bonds. The summed E-state index contributed by atoms with van der Waals surface area (Å²) in [4.78, 5) is 26.7. The van der Waals surface area contributed by atoms with Crippen molar-refractivity contribution in [3.63, 3.8) is 0 Å². The molecule has 0 spiro atoms. The van der Waals surface area contributed by atoms with Gasteiger partial charge in [-0.3, -0.25) is 9.59 Å². The number of carbonyl (C=O) groups excluding carboxylic acids is 2. The van der Waals surface area contributed by atoms with Gasteiger partial charge in [-0.05, 0) is 24.5 Å². The largest absolute Gasteiger partial charge is 0.311 e. The van der Waals surface area contributed by atoms with Crippen LogP contribution in [0.1, 0.15) is 43.7 Å². The Morgan fingerprint density at radius 3 is 2.88 bits per heavy atom. The van der Waals surface area contributed by atoms with Gasteiger partial charge in [0.15, 0.2) is 0 Å². The number of carbonyl (C=O) groups is 2. The normalized spacial score (nSPS) is 16.9. The Hall–Kier alpha value is -2.28. The lowest BCUT2D eigenvalue weighted by Gasteiger charge is -2.19. The van der Waals surface area contributed by atoms with Crippen LogP contribution in [0.2, 0.25) is 0 Å². The second-order valence-electron chi connectivity index (χ2n) is 6.48. The zero-order chi connectivity index (χ0) is 18.5. The van der Waals surface area contributed by atoms with Crippen molar-refractivity contribution >= 4 is 34.0 Å². The predicted octanol–water partition coefficient (Wildman–Crippen LogP) is 3.43. The van der Waals surface area contributed by atoms with Crippen LogP contribution in [0.5, 0.6) is 0 Å². The van der Waals surface area contributed by atoms with Crippen LogP contribution in [0.15, 0.2) is 24.3 Å². The number of nitrogens with one attached hydrogen (secondary N) is 1. The summed E-state index contributed by atoms with van der Waals surface area (Å²) in [6.07, 6.45) is 4.12. The van der Waals surface area contributed by atoms with Gasteiger partial charge < -0.3 is 10.2 Å². The monoisotopic (exact) mass is 372 g/mol. The van der Waals surface area contributed by atoms with Crippen molar-refractivity contribution in [2.45, 2.75) is 46.0 Å². The molecule has 2 heterocycles. The average Bonchev–Trinajstić information content (AvgIpc) is 3.26. The van der Waals surface area contributed by atoms with E-state index >= 15 is 0 Å². The molecule has 1 aliphatic heterocycles. The van der Waals surface area contributed by atoms with Crippen molar-refractivity contribution in [3.05, 3.63) is 34.8 Å². The smallest absolute Gasteiger partial charge is 0.231 e. The van der Waals surface area contributed by atoms with Crippen molar-refractivity contribution in [2.24, 2.45) is 5.92 Å². The zero-order valence-electron chi connectivity index (χ0n) is 15.2. The molecule has 1 N–H and O–H groups in total. The van der Waals surface area contributed by atoms with Crippen LogP contribution in [0, 0.1) is 5.92 Å². The van der Waals surface area contributed by atoms with Crippen molar-refractivity contribution in [1.29, 1.82) is 0 Å². The second kappa shape index (κ2) is 8.40. The van der Waals surface area contributed by atoms with E-state index < -0.39 is 0 Å². The van der Waals surface area contributed by atoms with Crippen LogP contribution in [-0.4, -0.2) is 28.6 Å². The summed E-state index contributed by atoms with van der Waals surface area (Å²) in [6.45, 7) is 4.60. The van der Waals surface area contributed by atoms with Crippen LogP contribution in [0.3, 0.4) is 0 Å². The van der Waals surface area contributed by atoms with E-state index in [1.54, 1.807) is 4.90 Å². The molecule has 1 fully saturated rings. The van der Waals surface area contributed by atoms with Crippen molar-refractivity contribution in [1.82, 2.24) is 10.2 Å². The van der Waals surface area contributed by atoms with Gasteiger partial charge in [0.1, 0.15) is 5.01 Å². The highest BCUT2D eigenvalue weighted by Gasteiger charge is 2.36. The van der Waals surface area contributed by atoms with Gasteiger partial charge in [-0.2, -0.15) is 0 Å². The summed E-state index contributed by atoms with van der Waals surface area (Å²) >= 11 is 1.41. The predicted molar refractivity (Wildman–Crippen MR) is 103 cm³/mol. The molecule has 138 valence electrons. The van der Waals surface area contributed by atoms with Crippen LogP contribution in [0.4, 0.5) is 10.8 Å². The molecular weight excluding hydrogens is 348 g/mol. The standard InChI is InChI=1S/C19H24N4O2S/c1-3-5-10-16-21-22-19(26-16)20-18(25)14-11-17(24)23(12-14)15-9-7-6-8-13(15)4-2/h6-9,14H,3-5,10-12H2,1-2H3,(H,20,22,25). The molecule has 0 radical (unpaired) electrons. The maximum Gasteiger partial charge on any atom is 0.231 e. The molecule has 3 rings (SSSR count). The Morgan fingerprint density at radius 1 is 1.31 bits per heavy atom. The quantitative estimate of drug-likeness (QED) is 0.808. The average molecular weight is 372 g/mol. The van der Waals surface area contributed by atoms with Crippen LogP contribution >= 0.6 is 11.3 Å². The molecule has 6 nitrogen and oxygen atoms in total. The molecule has 1 aromatic carbocycles. The van der Waals surface area contributed by atoms with E-state index in [9.17, 15) is 9.59 Å². The van der Waals surface area contributed by atoms with Crippen molar-refractivity contribution in [3.8, 4) is 0 Å². The lowest BCUT2D eigenvalue weighted by atomic mass is 10.1. The molecule has 1 aromatic heterocycles. The lowest BCUT2D eigenvalue weighted by molar-refractivity contribution is -0.122. The minimum Gasteiger partial charge on any atom is -0.311 e. The number of aromatic nitrogens is 2. The van der Waals surface area contributed by atoms with E-state index in [4.69, 9.17) is 0 Å². The number of hydrogen-bond acceptors (Lipinski definition) is 5. The lowest BCUT2D eigenvalue weighted by Crippen LogP contribution is -2.28. The first-order chi connectivity index (χ1) is 12.6.